The van der Waals surface area contributed by atoms with Crippen molar-refractivity contribution in [2.24, 2.45) is 0 Å². The maximum atomic E-state index is 4.48. The lowest BCUT2D eigenvalue weighted by Crippen LogP contribution is -2.20. The van der Waals surface area contributed by atoms with Gasteiger partial charge in [0, 0.05) is 26.2 Å². The Morgan fingerprint density at radius 3 is 2.55 bits per heavy atom. The first kappa shape index (κ1) is 14.3. The van der Waals surface area contributed by atoms with E-state index in [0.717, 1.165) is 31.0 Å². The zero-order valence-corrected chi connectivity index (χ0v) is 12.4. The molecule has 0 unspecified atom stereocenters. The van der Waals surface area contributed by atoms with Gasteiger partial charge in [-0.25, -0.2) is 9.97 Å². The first-order valence-electron chi connectivity index (χ1n) is 7.03. The molecule has 0 saturated carbocycles. The Labute approximate surface area is 120 Å². The predicted molar refractivity (Wildman–Crippen MR) is 84.1 cm³/mol. The molecule has 1 heterocycles. The van der Waals surface area contributed by atoms with Gasteiger partial charge in [-0.05, 0) is 12.0 Å². The van der Waals surface area contributed by atoms with Gasteiger partial charge in [-0.3, -0.25) is 0 Å². The lowest BCUT2D eigenvalue weighted by Gasteiger charge is -2.22. The average Bonchev–Trinajstić information content (AvgIpc) is 2.48. The Morgan fingerprint density at radius 2 is 1.90 bits per heavy atom. The third-order valence-corrected chi connectivity index (χ3v) is 3.28. The molecule has 0 bridgehead atoms. The van der Waals surface area contributed by atoms with Crippen LogP contribution in [0, 0.1) is 0 Å². The largest absolute Gasteiger partial charge is 0.373 e. The molecular weight excluding hydrogens is 248 g/mol. The Morgan fingerprint density at radius 1 is 1.15 bits per heavy atom. The third-order valence-electron chi connectivity index (χ3n) is 3.28. The zero-order valence-electron chi connectivity index (χ0n) is 12.4. The molecule has 0 atom stereocenters. The molecule has 2 rings (SSSR count). The Hall–Kier alpha value is -2.10. The van der Waals surface area contributed by atoms with E-state index in [1.54, 1.807) is 6.33 Å². The van der Waals surface area contributed by atoms with Crippen LogP contribution in [-0.2, 0) is 13.0 Å². The van der Waals surface area contributed by atoms with Gasteiger partial charge in [-0.15, -0.1) is 0 Å². The summed E-state index contributed by atoms with van der Waals surface area (Å²) in [4.78, 5) is 11.0. The molecule has 4 heteroatoms. The first-order valence-corrected chi connectivity index (χ1v) is 7.03. The second-order valence-electron chi connectivity index (χ2n) is 4.87. The molecule has 2 aromatic rings. The van der Waals surface area contributed by atoms with E-state index >= 15 is 0 Å². The lowest BCUT2D eigenvalue weighted by molar-refractivity contribution is 0.844. The van der Waals surface area contributed by atoms with Crippen molar-refractivity contribution < 1.29 is 0 Å². The summed E-state index contributed by atoms with van der Waals surface area (Å²) >= 11 is 0. The summed E-state index contributed by atoms with van der Waals surface area (Å²) in [6.07, 6.45) is 3.68. The van der Waals surface area contributed by atoms with Gasteiger partial charge in [0.25, 0.3) is 0 Å². The van der Waals surface area contributed by atoms with Crippen molar-refractivity contribution in [3.63, 3.8) is 0 Å². The minimum atomic E-state index is 0.845. The quantitative estimate of drug-likeness (QED) is 0.875. The first-order chi connectivity index (χ1) is 9.76. The molecule has 0 saturated heterocycles. The van der Waals surface area contributed by atoms with Gasteiger partial charge < -0.3 is 10.2 Å². The number of rotatable bonds is 6. The van der Waals surface area contributed by atoms with Crippen molar-refractivity contribution in [2.75, 3.05) is 24.3 Å². The molecule has 1 aromatic heterocycles. The normalized spacial score (nSPS) is 10.3. The molecule has 0 spiro atoms. The molecule has 0 fully saturated rings. The molecule has 1 aromatic carbocycles. The smallest absolute Gasteiger partial charge is 0.137 e. The fourth-order valence-corrected chi connectivity index (χ4v) is 2.36. The molecule has 20 heavy (non-hydrogen) atoms. The molecule has 106 valence electrons. The molecule has 0 aliphatic heterocycles. The minimum absolute atomic E-state index is 0.845. The monoisotopic (exact) mass is 270 g/mol. The molecule has 0 aliphatic carbocycles. The number of hydrogen-bond acceptors (Lipinski definition) is 4. The van der Waals surface area contributed by atoms with Gasteiger partial charge >= 0.3 is 0 Å². The van der Waals surface area contributed by atoms with E-state index in [-0.39, 0.29) is 0 Å². The molecule has 0 radical (unpaired) electrons. The van der Waals surface area contributed by atoms with E-state index in [2.05, 4.69) is 58.4 Å². The number of nitrogens with one attached hydrogen (secondary N) is 1. The maximum Gasteiger partial charge on any atom is 0.137 e. The van der Waals surface area contributed by atoms with Crippen LogP contribution >= 0.6 is 0 Å². The fourth-order valence-electron chi connectivity index (χ4n) is 2.36. The van der Waals surface area contributed by atoms with Crippen molar-refractivity contribution in [1.82, 2.24) is 9.97 Å². The topological polar surface area (TPSA) is 41.1 Å². The number of nitrogens with zero attached hydrogens (tertiary/aromatic N) is 3. The van der Waals surface area contributed by atoms with E-state index in [9.17, 15) is 0 Å². The van der Waals surface area contributed by atoms with Crippen molar-refractivity contribution in [1.29, 1.82) is 0 Å². The molecule has 0 amide bonds. The van der Waals surface area contributed by atoms with Crippen LogP contribution in [0.15, 0.2) is 36.7 Å². The predicted octanol–water partition coefficient (Wildman–Crippen LogP) is 3.11. The summed E-state index contributed by atoms with van der Waals surface area (Å²) in [7, 11) is 3.98. The van der Waals surface area contributed by atoms with Crippen molar-refractivity contribution in [3.8, 4) is 0 Å². The van der Waals surface area contributed by atoms with Crippen LogP contribution < -0.4 is 10.2 Å². The molecular formula is C16H22N4. The standard InChI is InChI=1S/C16H22N4/c1-4-8-14-15(17-2)18-12-19-16(14)20(3)11-13-9-6-5-7-10-13/h5-7,9-10,12H,4,8,11H2,1-3H3,(H,17,18,19). The Balaban J connectivity index is 2.26. The summed E-state index contributed by atoms with van der Waals surface area (Å²) in [5.74, 6) is 1.94. The van der Waals surface area contributed by atoms with Crippen LogP contribution in [0.3, 0.4) is 0 Å². The summed E-state index contributed by atoms with van der Waals surface area (Å²) in [5.41, 5.74) is 2.47. The molecule has 0 aliphatic rings. The Bertz CT molecular complexity index is 539. The highest BCUT2D eigenvalue weighted by atomic mass is 15.2. The summed E-state index contributed by atoms with van der Waals surface area (Å²) in [6.45, 7) is 3.02. The zero-order chi connectivity index (χ0) is 14.4. The average molecular weight is 270 g/mol. The van der Waals surface area contributed by atoms with E-state index in [1.165, 1.54) is 11.1 Å². The third kappa shape index (κ3) is 3.26. The Kier molecular flexibility index (Phi) is 4.93. The van der Waals surface area contributed by atoms with Crippen molar-refractivity contribution >= 4 is 11.6 Å². The SMILES string of the molecule is CCCc1c(NC)ncnc1N(C)Cc1ccccc1. The van der Waals surface area contributed by atoms with Gasteiger partial charge in [0.2, 0.25) is 0 Å². The lowest BCUT2D eigenvalue weighted by atomic mass is 10.1. The number of hydrogen-bond donors (Lipinski definition) is 1. The number of benzene rings is 1. The van der Waals surface area contributed by atoms with Gasteiger partial charge in [-0.2, -0.15) is 0 Å². The van der Waals surface area contributed by atoms with E-state index in [4.69, 9.17) is 0 Å². The van der Waals surface area contributed by atoms with Crippen LogP contribution in [0.2, 0.25) is 0 Å². The minimum Gasteiger partial charge on any atom is -0.373 e. The summed E-state index contributed by atoms with van der Waals surface area (Å²) in [5, 5.41) is 3.16. The second-order valence-corrected chi connectivity index (χ2v) is 4.87. The van der Waals surface area contributed by atoms with Crippen LogP contribution in [-0.4, -0.2) is 24.1 Å². The van der Waals surface area contributed by atoms with Crippen LogP contribution in [0.4, 0.5) is 11.6 Å². The highest BCUT2D eigenvalue weighted by Crippen LogP contribution is 2.24. The molecule has 1 N–H and O–H groups in total. The van der Waals surface area contributed by atoms with Gasteiger partial charge in [0.15, 0.2) is 0 Å². The van der Waals surface area contributed by atoms with E-state index < -0.39 is 0 Å². The van der Waals surface area contributed by atoms with Crippen molar-refractivity contribution in [3.05, 3.63) is 47.8 Å². The van der Waals surface area contributed by atoms with Gasteiger partial charge in [0.05, 0.1) is 0 Å². The van der Waals surface area contributed by atoms with E-state index in [0.29, 0.717) is 0 Å². The highest BCUT2D eigenvalue weighted by molar-refractivity contribution is 5.58. The van der Waals surface area contributed by atoms with Crippen LogP contribution in [0.5, 0.6) is 0 Å². The van der Waals surface area contributed by atoms with Crippen LogP contribution in [0.1, 0.15) is 24.5 Å². The summed E-state index contributed by atoms with van der Waals surface area (Å²) < 4.78 is 0. The second kappa shape index (κ2) is 6.89. The summed E-state index contributed by atoms with van der Waals surface area (Å²) in [6, 6.07) is 10.4. The number of aromatic nitrogens is 2. The van der Waals surface area contributed by atoms with Gasteiger partial charge in [0.1, 0.15) is 18.0 Å². The number of anilines is 2. The highest BCUT2D eigenvalue weighted by Gasteiger charge is 2.13. The fraction of sp³-hybridized carbons (Fsp3) is 0.375. The van der Waals surface area contributed by atoms with Crippen LogP contribution in [0.25, 0.3) is 0 Å². The maximum absolute atomic E-state index is 4.48. The van der Waals surface area contributed by atoms with E-state index in [1.807, 2.05) is 13.1 Å². The van der Waals surface area contributed by atoms with Crippen molar-refractivity contribution in [2.45, 2.75) is 26.3 Å². The molecule has 4 nitrogen and oxygen atoms in total. The van der Waals surface area contributed by atoms with Gasteiger partial charge in [-0.1, -0.05) is 43.7 Å².